The molecule has 0 saturated carbocycles. The number of sulfone groups is 1. The number of anilines is 1. The minimum atomic E-state index is -2.97. The van der Waals surface area contributed by atoms with E-state index in [2.05, 4.69) is 5.32 Å². The molecule has 0 radical (unpaired) electrons. The van der Waals surface area contributed by atoms with Crippen molar-refractivity contribution in [1.82, 2.24) is 0 Å². The minimum Gasteiger partial charge on any atom is -0.384 e. The lowest BCUT2D eigenvalue weighted by Crippen LogP contribution is -2.13. The highest BCUT2D eigenvalue weighted by atomic mass is 32.2. The van der Waals surface area contributed by atoms with Crippen LogP contribution in [0.1, 0.15) is 13.3 Å². The summed E-state index contributed by atoms with van der Waals surface area (Å²) in [6, 6.07) is 6.76. The molecule has 0 heterocycles. The second kappa shape index (κ2) is 7.69. The van der Waals surface area contributed by atoms with Crippen molar-refractivity contribution in [1.29, 1.82) is 0 Å². The molecule has 108 valence electrons. The summed E-state index contributed by atoms with van der Waals surface area (Å²) in [6.07, 6.45) is 0.462. The first-order chi connectivity index (χ1) is 8.94. The first-order valence-electron chi connectivity index (χ1n) is 5.92. The van der Waals surface area contributed by atoms with Crippen LogP contribution in [0.25, 0.3) is 0 Å². The van der Waals surface area contributed by atoms with Gasteiger partial charge in [-0.15, -0.1) is 0 Å². The summed E-state index contributed by atoms with van der Waals surface area (Å²) >= 11 is 0.479. The zero-order valence-corrected chi connectivity index (χ0v) is 12.2. The molecule has 0 spiro atoms. The molecule has 0 aromatic heterocycles. The standard InChI is InChI=1S/C12H17F2NO2S2/c1-2-19(16,17)9-5-8-15-10-6-3-4-7-11(10)18-12(13)14/h3-4,6-7,12,15H,2,5,8-9H2,1H3. The Morgan fingerprint density at radius 2 is 2.00 bits per heavy atom. The van der Waals surface area contributed by atoms with Crippen LogP contribution in [-0.2, 0) is 9.84 Å². The normalized spacial score (nSPS) is 11.8. The number of nitrogens with one attached hydrogen (secondary N) is 1. The van der Waals surface area contributed by atoms with E-state index >= 15 is 0 Å². The molecule has 0 aliphatic carbocycles. The summed E-state index contributed by atoms with van der Waals surface area (Å²) < 4.78 is 47.3. The first-order valence-corrected chi connectivity index (χ1v) is 8.63. The summed E-state index contributed by atoms with van der Waals surface area (Å²) in [6.45, 7) is 2.05. The average Bonchev–Trinajstić information content (AvgIpc) is 2.36. The monoisotopic (exact) mass is 309 g/mol. The highest BCUT2D eigenvalue weighted by Gasteiger charge is 2.10. The van der Waals surface area contributed by atoms with E-state index in [4.69, 9.17) is 0 Å². The molecule has 0 amide bonds. The number of thioether (sulfide) groups is 1. The molecule has 0 atom stereocenters. The number of para-hydroxylation sites is 1. The number of halogens is 2. The van der Waals surface area contributed by atoms with E-state index in [1.165, 1.54) is 0 Å². The summed E-state index contributed by atoms with van der Waals surface area (Å²) in [5.41, 5.74) is 0.613. The third-order valence-electron chi connectivity index (χ3n) is 2.49. The van der Waals surface area contributed by atoms with Crippen LogP contribution in [0.2, 0.25) is 0 Å². The highest BCUT2D eigenvalue weighted by molar-refractivity contribution is 7.99. The van der Waals surface area contributed by atoms with E-state index in [0.29, 0.717) is 35.3 Å². The van der Waals surface area contributed by atoms with Crippen LogP contribution in [0.3, 0.4) is 0 Å². The Bertz CT molecular complexity index is 492. The van der Waals surface area contributed by atoms with Crippen molar-refractivity contribution in [2.75, 3.05) is 23.4 Å². The molecule has 1 aromatic carbocycles. The molecule has 1 rings (SSSR count). The fraction of sp³-hybridized carbons (Fsp3) is 0.500. The Morgan fingerprint density at radius 3 is 2.63 bits per heavy atom. The van der Waals surface area contributed by atoms with E-state index in [9.17, 15) is 17.2 Å². The van der Waals surface area contributed by atoms with Crippen LogP contribution in [-0.4, -0.2) is 32.2 Å². The lowest BCUT2D eigenvalue weighted by atomic mass is 10.3. The van der Waals surface area contributed by atoms with Crippen molar-refractivity contribution in [2.45, 2.75) is 24.0 Å². The predicted octanol–water partition coefficient (Wildman–Crippen LogP) is 3.24. The quantitative estimate of drug-likeness (QED) is 0.591. The van der Waals surface area contributed by atoms with Gasteiger partial charge in [-0.2, -0.15) is 8.78 Å². The van der Waals surface area contributed by atoms with Gasteiger partial charge in [0, 0.05) is 22.9 Å². The van der Waals surface area contributed by atoms with E-state index in [0.717, 1.165) is 0 Å². The third kappa shape index (κ3) is 6.24. The van der Waals surface area contributed by atoms with Gasteiger partial charge in [-0.1, -0.05) is 30.8 Å². The number of hydrogen-bond donors (Lipinski definition) is 1. The minimum absolute atomic E-state index is 0.112. The second-order valence-electron chi connectivity index (χ2n) is 3.89. The third-order valence-corrected chi connectivity index (χ3v) is 5.07. The second-order valence-corrected chi connectivity index (χ2v) is 7.40. The zero-order chi connectivity index (χ0) is 14.3. The van der Waals surface area contributed by atoms with Gasteiger partial charge in [0.1, 0.15) is 9.84 Å². The summed E-state index contributed by atoms with van der Waals surface area (Å²) in [7, 11) is -2.97. The van der Waals surface area contributed by atoms with Gasteiger partial charge in [0.15, 0.2) is 0 Å². The number of benzene rings is 1. The summed E-state index contributed by atoms with van der Waals surface area (Å²) in [5, 5.41) is 3.00. The Labute approximate surface area is 116 Å². The maximum Gasteiger partial charge on any atom is 0.288 e. The van der Waals surface area contributed by atoms with Crippen LogP contribution in [0.15, 0.2) is 29.2 Å². The molecule has 0 unspecified atom stereocenters. The number of rotatable bonds is 8. The van der Waals surface area contributed by atoms with Crippen LogP contribution < -0.4 is 5.32 Å². The Kier molecular flexibility index (Phi) is 6.57. The van der Waals surface area contributed by atoms with Crippen molar-refractivity contribution >= 4 is 27.3 Å². The number of hydrogen-bond acceptors (Lipinski definition) is 4. The fourth-order valence-electron chi connectivity index (χ4n) is 1.47. The van der Waals surface area contributed by atoms with E-state index < -0.39 is 15.6 Å². The van der Waals surface area contributed by atoms with Crippen molar-refractivity contribution in [3.05, 3.63) is 24.3 Å². The fourth-order valence-corrected chi connectivity index (χ4v) is 2.96. The van der Waals surface area contributed by atoms with Gasteiger partial charge in [0.25, 0.3) is 5.76 Å². The molecule has 0 fully saturated rings. The van der Waals surface area contributed by atoms with Gasteiger partial charge < -0.3 is 5.32 Å². The Morgan fingerprint density at radius 1 is 1.32 bits per heavy atom. The van der Waals surface area contributed by atoms with Gasteiger partial charge >= 0.3 is 0 Å². The summed E-state index contributed by atoms with van der Waals surface area (Å²) in [5.74, 6) is -2.23. The van der Waals surface area contributed by atoms with Gasteiger partial charge in [-0.25, -0.2) is 8.42 Å². The van der Waals surface area contributed by atoms with Crippen molar-refractivity contribution in [2.24, 2.45) is 0 Å². The first kappa shape index (κ1) is 16.2. The maximum absolute atomic E-state index is 12.3. The van der Waals surface area contributed by atoms with E-state index in [1.54, 1.807) is 31.2 Å². The number of alkyl halides is 2. The lowest BCUT2D eigenvalue weighted by Gasteiger charge is -2.11. The molecule has 0 bridgehead atoms. The Balaban J connectivity index is 2.49. The van der Waals surface area contributed by atoms with Gasteiger partial charge in [0.2, 0.25) is 0 Å². The topological polar surface area (TPSA) is 46.2 Å². The van der Waals surface area contributed by atoms with Gasteiger partial charge in [-0.3, -0.25) is 0 Å². The molecule has 19 heavy (non-hydrogen) atoms. The van der Waals surface area contributed by atoms with Crippen molar-refractivity contribution < 1.29 is 17.2 Å². The molecule has 3 nitrogen and oxygen atoms in total. The molecule has 0 aliphatic heterocycles. The zero-order valence-electron chi connectivity index (χ0n) is 10.6. The van der Waals surface area contributed by atoms with E-state index in [-0.39, 0.29) is 11.5 Å². The largest absolute Gasteiger partial charge is 0.384 e. The molecular formula is C12H17F2NO2S2. The van der Waals surface area contributed by atoms with Crippen LogP contribution >= 0.6 is 11.8 Å². The molecule has 0 saturated heterocycles. The lowest BCUT2D eigenvalue weighted by molar-refractivity contribution is 0.252. The smallest absolute Gasteiger partial charge is 0.288 e. The van der Waals surface area contributed by atoms with Gasteiger partial charge in [-0.05, 0) is 18.6 Å². The van der Waals surface area contributed by atoms with Crippen LogP contribution in [0.5, 0.6) is 0 Å². The molecule has 7 heteroatoms. The predicted molar refractivity (Wildman–Crippen MR) is 75.7 cm³/mol. The van der Waals surface area contributed by atoms with Crippen molar-refractivity contribution in [3.63, 3.8) is 0 Å². The van der Waals surface area contributed by atoms with E-state index in [1.807, 2.05) is 0 Å². The summed E-state index contributed by atoms with van der Waals surface area (Å²) in [4.78, 5) is 0.468. The molecule has 1 N–H and O–H groups in total. The maximum atomic E-state index is 12.3. The molecule has 0 aliphatic rings. The van der Waals surface area contributed by atoms with Crippen LogP contribution in [0.4, 0.5) is 14.5 Å². The highest BCUT2D eigenvalue weighted by Crippen LogP contribution is 2.31. The van der Waals surface area contributed by atoms with Gasteiger partial charge in [0.05, 0.1) is 5.75 Å². The van der Waals surface area contributed by atoms with Crippen molar-refractivity contribution in [3.8, 4) is 0 Å². The molecular weight excluding hydrogens is 292 g/mol. The Hall–Kier alpha value is -0.820. The SMILES string of the molecule is CCS(=O)(=O)CCCNc1ccccc1SC(F)F. The average molecular weight is 309 g/mol. The molecule has 1 aromatic rings. The van der Waals surface area contributed by atoms with Crippen LogP contribution in [0, 0.1) is 0 Å².